The van der Waals surface area contributed by atoms with Crippen molar-refractivity contribution in [2.75, 3.05) is 6.61 Å². The lowest BCUT2D eigenvalue weighted by Gasteiger charge is -2.05. The van der Waals surface area contributed by atoms with Gasteiger partial charge in [0.2, 0.25) is 0 Å². The van der Waals surface area contributed by atoms with Crippen LogP contribution in [0.25, 0.3) is 0 Å². The summed E-state index contributed by atoms with van der Waals surface area (Å²) in [7, 11) is 0. The third-order valence-electron chi connectivity index (χ3n) is 1.71. The van der Waals surface area contributed by atoms with Gasteiger partial charge in [-0.1, -0.05) is 29.3 Å². The van der Waals surface area contributed by atoms with Crippen molar-refractivity contribution in [1.82, 2.24) is 0 Å². The predicted molar refractivity (Wildman–Crippen MR) is 59.8 cm³/mol. The maximum Gasteiger partial charge on any atom is 0.523 e. The SMILES string of the molecule is [CH3][Al][O]CC[CH2][Al][O]c1ccccc1. The molecule has 0 fully saturated rings. The molecule has 72 valence electrons. The summed E-state index contributed by atoms with van der Waals surface area (Å²) in [5.74, 6) is 3.09. The summed E-state index contributed by atoms with van der Waals surface area (Å²) < 4.78 is 10.9. The largest absolute Gasteiger partial charge is 0.648 e. The Labute approximate surface area is 98.7 Å². The first-order valence-corrected chi connectivity index (χ1v) is 7.77. The van der Waals surface area contributed by atoms with E-state index in [0.717, 1.165) is 24.1 Å². The number of benzene rings is 1. The number of para-hydroxylation sites is 1. The monoisotopic (exact) mass is 220 g/mol. The highest BCUT2D eigenvalue weighted by molar-refractivity contribution is 6.28. The van der Waals surface area contributed by atoms with Gasteiger partial charge in [0.25, 0.3) is 0 Å². The second-order valence-corrected chi connectivity index (χ2v) is 4.80. The minimum Gasteiger partial charge on any atom is -0.648 e. The van der Waals surface area contributed by atoms with Gasteiger partial charge in [0.1, 0.15) is 0 Å². The van der Waals surface area contributed by atoms with Crippen molar-refractivity contribution in [1.29, 1.82) is 0 Å². The molecule has 2 radical (unpaired) electrons. The van der Waals surface area contributed by atoms with Crippen LogP contribution in [0.5, 0.6) is 5.75 Å². The maximum atomic E-state index is 5.62. The summed E-state index contributed by atoms with van der Waals surface area (Å²) >= 11 is 0.286. The van der Waals surface area contributed by atoms with Crippen LogP contribution in [-0.2, 0) is 3.79 Å². The van der Waals surface area contributed by atoms with Crippen molar-refractivity contribution in [2.45, 2.75) is 17.5 Å². The lowest BCUT2D eigenvalue weighted by atomic mass is 10.3. The van der Waals surface area contributed by atoms with E-state index < -0.39 is 0 Å². The standard InChI is InChI=1S/C6H6O.C3H6O.CH3.2Al/c7-6-4-2-1-3-5-6;1-2-3-4;;;/h1-5,7H;1-3H2;1H3;;/q;-1;;2*+1/p-1. The normalized spacial score (nSPS) is 9.50. The van der Waals surface area contributed by atoms with Gasteiger partial charge in [-0.25, -0.2) is 0 Å². The molecule has 0 bridgehead atoms. The summed E-state index contributed by atoms with van der Waals surface area (Å²) in [5.41, 5.74) is 0. The van der Waals surface area contributed by atoms with Crippen LogP contribution in [-0.4, -0.2) is 37.7 Å². The predicted octanol–water partition coefficient (Wildman–Crippen LogP) is 2.18. The summed E-state index contributed by atoms with van der Waals surface area (Å²) in [6, 6.07) is 10.00. The molecule has 0 amide bonds. The average molecular weight is 220 g/mol. The van der Waals surface area contributed by atoms with Crippen LogP contribution in [0.4, 0.5) is 0 Å². The van der Waals surface area contributed by atoms with Gasteiger partial charge in [-0.2, -0.15) is 0 Å². The minimum atomic E-state index is 0.0823. The third-order valence-corrected chi connectivity index (χ3v) is 3.37. The van der Waals surface area contributed by atoms with E-state index in [1.165, 1.54) is 0 Å². The van der Waals surface area contributed by atoms with E-state index in [4.69, 9.17) is 7.58 Å². The lowest BCUT2D eigenvalue weighted by molar-refractivity contribution is 0.337. The first-order valence-electron chi connectivity index (χ1n) is 4.86. The van der Waals surface area contributed by atoms with Gasteiger partial charge in [-0.05, 0) is 18.6 Å². The average Bonchev–Trinajstić information content (AvgIpc) is 2.25. The van der Waals surface area contributed by atoms with Gasteiger partial charge in [0.15, 0.2) is 0 Å². The van der Waals surface area contributed by atoms with Gasteiger partial charge in [0.05, 0.1) is 5.75 Å². The molecule has 0 atom stereocenters. The zero-order valence-electron chi connectivity index (χ0n) is 8.48. The summed E-state index contributed by atoms with van der Waals surface area (Å²) in [6.45, 7) is 0.900. The second kappa shape index (κ2) is 8.36. The van der Waals surface area contributed by atoms with Crippen LogP contribution in [0.3, 0.4) is 0 Å². The summed E-state index contributed by atoms with van der Waals surface area (Å²) in [4.78, 5) is 0. The van der Waals surface area contributed by atoms with Crippen molar-refractivity contribution < 1.29 is 7.58 Å². The van der Waals surface area contributed by atoms with E-state index in [1.807, 2.05) is 30.3 Å². The second-order valence-electron chi connectivity index (χ2n) is 2.85. The van der Waals surface area contributed by atoms with Crippen molar-refractivity contribution in [2.24, 2.45) is 0 Å². The molecule has 0 heterocycles. The zero-order valence-corrected chi connectivity index (χ0v) is 10.8. The first kappa shape index (κ1) is 12.1. The molecule has 0 aliphatic carbocycles. The Bertz CT molecular complexity index is 229. The fourth-order valence-electron chi connectivity index (χ4n) is 1.02. The minimum absolute atomic E-state index is 0.0823. The molecule has 1 aromatic rings. The van der Waals surface area contributed by atoms with E-state index in [-0.39, 0.29) is 31.1 Å². The molecule has 0 aromatic heterocycles. The van der Waals surface area contributed by atoms with Gasteiger partial charge < -0.3 is 7.58 Å². The molecule has 0 saturated carbocycles. The van der Waals surface area contributed by atoms with Gasteiger partial charge in [-0.3, -0.25) is 0 Å². The van der Waals surface area contributed by atoms with Crippen molar-refractivity contribution in [3.8, 4) is 5.75 Å². The fourth-order valence-corrected chi connectivity index (χ4v) is 2.23. The van der Waals surface area contributed by atoms with E-state index in [2.05, 4.69) is 5.79 Å². The Kier molecular flexibility index (Phi) is 7.24. The van der Waals surface area contributed by atoms with Gasteiger partial charge >= 0.3 is 31.1 Å². The molecule has 0 N–H and O–H groups in total. The van der Waals surface area contributed by atoms with E-state index in [1.54, 1.807) is 0 Å². The fraction of sp³-hybridized carbons (Fsp3) is 0.400. The molecular formula is C10H14Al2O2. The Balaban J connectivity index is 1.99. The number of hydrogen-bond donors (Lipinski definition) is 0. The van der Waals surface area contributed by atoms with Gasteiger partial charge in [0, 0.05) is 6.61 Å². The van der Waals surface area contributed by atoms with Crippen LogP contribution < -0.4 is 3.79 Å². The number of hydrogen-bond acceptors (Lipinski definition) is 2. The Morgan fingerprint density at radius 1 is 1.21 bits per heavy atom. The van der Waals surface area contributed by atoms with Crippen molar-refractivity contribution in [3.63, 3.8) is 0 Å². The lowest BCUT2D eigenvalue weighted by Crippen LogP contribution is -2.04. The molecule has 2 nitrogen and oxygen atoms in total. The first-order chi connectivity index (χ1) is 6.93. The molecule has 0 unspecified atom stereocenters. The highest BCUT2D eigenvalue weighted by Gasteiger charge is 1.97. The van der Waals surface area contributed by atoms with Crippen LogP contribution in [0.2, 0.25) is 11.1 Å². The van der Waals surface area contributed by atoms with Crippen LogP contribution in [0.1, 0.15) is 6.42 Å². The molecule has 1 rings (SSSR count). The molecule has 4 heteroatoms. The summed E-state index contributed by atoms with van der Waals surface area (Å²) in [6.07, 6.45) is 1.13. The molecule has 0 aliphatic rings. The van der Waals surface area contributed by atoms with Crippen LogP contribution in [0, 0.1) is 0 Å². The quantitative estimate of drug-likeness (QED) is 0.518. The van der Waals surface area contributed by atoms with Crippen LogP contribution in [0.15, 0.2) is 30.3 Å². The molecular weight excluding hydrogens is 206 g/mol. The van der Waals surface area contributed by atoms with E-state index in [9.17, 15) is 0 Å². The molecule has 0 aliphatic heterocycles. The van der Waals surface area contributed by atoms with Crippen LogP contribution >= 0.6 is 0 Å². The molecule has 1 aromatic carbocycles. The Morgan fingerprint density at radius 3 is 2.71 bits per heavy atom. The third kappa shape index (κ3) is 5.71. The number of rotatable bonds is 7. The Morgan fingerprint density at radius 2 is 2.00 bits per heavy atom. The highest BCUT2D eigenvalue weighted by Crippen LogP contribution is 2.07. The van der Waals surface area contributed by atoms with E-state index in [0.29, 0.717) is 0 Å². The van der Waals surface area contributed by atoms with Crippen molar-refractivity contribution >= 4 is 31.1 Å². The highest BCUT2D eigenvalue weighted by atomic mass is 27.1. The molecule has 0 saturated heterocycles. The molecule has 14 heavy (non-hydrogen) atoms. The maximum absolute atomic E-state index is 5.62. The topological polar surface area (TPSA) is 18.5 Å². The van der Waals surface area contributed by atoms with E-state index >= 15 is 0 Å². The van der Waals surface area contributed by atoms with Crippen molar-refractivity contribution in [3.05, 3.63) is 30.3 Å². The molecule has 0 spiro atoms. The summed E-state index contributed by atoms with van der Waals surface area (Å²) in [5, 5.41) is 1.15. The zero-order chi connectivity index (χ0) is 10.1. The van der Waals surface area contributed by atoms with Gasteiger partial charge in [-0.15, -0.1) is 0 Å². The Hall–Kier alpha value is 0.0449. The smallest absolute Gasteiger partial charge is 0.523 e.